The van der Waals surface area contributed by atoms with Crippen LogP contribution in [-0.4, -0.2) is 49.1 Å². The fourth-order valence-corrected chi connectivity index (χ4v) is 3.53. The molecule has 1 saturated heterocycles. The number of carbonyl (C=O) groups excluding carboxylic acids is 2. The molecule has 2 atom stereocenters. The summed E-state index contributed by atoms with van der Waals surface area (Å²) in [6, 6.07) is 13.7. The first kappa shape index (κ1) is 22.2. The summed E-state index contributed by atoms with van der Waals surface area (Å²) in [7, 11) is 0. The number of ether oxygens (including phenoxy) is 2. The Balaban J connectivity index is 1.40. The fourth-order valence-electron chi connectivity index (χ4n) is 3.28. The van der Waals surface area contributed by atoms with Gasteiger partial charge in [-0.3, -0.25) is 9.59 Å². The van der Waals surface area contributed by atoms with Crippen LogP contribution in [0.15, 0.2) is 48.5 Å². The third-order valence-electron chi connectivity index (χ3n) is 4.96. The lowest BCUT2D eigenvalue weighted by Gasteiger charge is -2.37. The zero-order valence-corrected chi connectivity index (χ0v) is 18.2. The zero-order valence-electron chi connectivity index (χ0n) is 16.6. The highest BCUT2D eigenvalue weighted by atomic mass is 35.5. The number of nitrogens with zero attached hydrogens (tertiary/aromatic N) is 1. The van der Waals surface area contributed by atoms with Gasteiger partial charge in [-0.25, -0.2) is 0 Å². The van der Waals surface area contributed by atoms with Gasteiger partial charge >= 0.3 is 0 Å². The molecule has 6 nitrogen and oxygen atoms in total. The molecule has 0 spiro atoms. The minimum atomic E-state index is -0.187. The van der Waals surface area contributed by atoms with Crippen molar-refractivity contribution < 1.29 is 19.1 Å². The van der Waals surface area contributed by atoms with E-state index in [-0.39, 0.29) is 37.0 Å². The van der Waals surface area contributed by atoms with Gasteiger partial charge in [0.15, 0.2) is 13.2 Å². The van der Waals surface area contributed by atoms with Gasteiger partial charge in [-0.2, -0.15) is 0 Å². The SMILES string of the molecule is CC1CN(C(=O)COc2ccc(Cl)cc2)CCC1NC(=O)COc1ccc(Cl)cc1. The number of hydrogen-bond acceptors (Lipinski definition) is 4. The molecule has 8 heteroatoms. The first-order valence-corrected chi connectivity index (χ1v) is 10.5. The Morgan fingerprint density at radius 1 is 0.967 bits per heavy atom. The number of rotatable bonds is 7. The molecular weight excluding hydrogens is 427 g/mol. The van der Waals surface area contributed by atoms with E-state index in [2.05, 4.69) is 5.32 Å². The Morgan fingerprint density at radius 2 is 1.50 bits per heavy atom. The van der Waals surface area contributed by atoms with Gasteiger partial charge in [-0.15, -0.1) is 0 Å². The van der Waals surface area contributed by atoms with Gasteiger partial charge in [0.1, 0.15) is 11.5 Å². The quantitative estimate of drug-likeness (QED) is 0.696. The lowest BCUT2D eigenvalue weighted by Crippen LogP contribution is -2.53. The molecule has 0 saturated carbocycles. The summed E-state index contributed by atoms with van der Waals surface area (Å²) in [5, 5.41) is 4.23. The molecule has 3 rings (SSSR count). The van der Waals surface area contributed by atoms with Crippen molar-refractivity contribution in [2.24, 2.45) is 5.92 Å². The van der Waals surface area contributed by atoms with E-state index in [4.69, 9.17) is 32.7 Å². The van der Waals surface area contributed by atoms with E-state index in [0.29, 0.717) is 41.1 Å². The van der Waals surface area contributed by atoms with Crippen molar-refractivity contribution in [1.82, 2.24) is 10.2 Å². The molecule has 2 aromatic rings. The Labute approximate surface area is 186 Å². The smallest absolute Gasteiger partial charge is 0.260 e. The number of likely N-dealkylation sites (tertiary alicyclic amines) is 1. The van der Waals surface area contributed by atoms with E-state index in [9.17, 15) is 9.59 Å². The summed E-state index contributed by atoms with van der Waals surface area (Å²) in [4.78, 5) is 26.4. The fraction of sp³-hybridized carbons (Fsp3) is 0.364. The van der Waals surface area contributed by atoms with Crippen molar-refractivity contribution in [2.45, 2.75) is 19.4 Å². The maximum atomic E-state index is 12.5. The van der Waals surface area contributed by atoms with Gasteiger partial charge in [0.05, 0.1) is 0 Å². The normalized spacial score (nSPS) is 18.6. The molecule has 2 aromatic carbocycles. The van der Waals surface area contributed by atoms with Crippen molar-refractivity contribution in [1.29, 1.82) is 0 Å². The highest BCUT2D eigenvalue weighted by molar-refractivity contribution is 6.30. The maximum absolute atomic E-state index is 12.5. The van der Waals surface area contributed by atoms with Crippen LogP contribution in [0.4, 0.5) is 0 Å². The van der Waals surface area contributed by atoms with E-state index in [1.54, 1.807) is 53.4 Å². The summed E-state index contributed by atoms with van der Waals surface area (Å²) in [5.74, 6) is 1.05. The van der Waals surface area contributed by atoms with E-state index in [0.717, 1.165) is 0 Å². The van der Waals surface area contributed by atoms with Crippen LogP contribution in [-0.2, 0) is 9.59 Å². The van der Waals surface area contributed by atoms with E-state index in [1.807, 2.05) is 6.92 Å². The van der Waals surface area contributed by atoms with Gasteiger partial charge in [0.25, 0.3) is 11.8 Å². The number of nitrogens with one attached hydrogen (secondary N) is 1. The standard InChI is InChI=1S/C22H24Cl2N2O4/c1-15-12-26(22(28)14-30-19-8-4-17(24)5-9-19)11-10-20(15)25-21(27)13-29-18-6-2-16(23)3-7-18/h2-9,15,20H,10-14H2,1H3,(H,25,27). The van der Waals surface area contributed by atoms with Crippen LogP contribution in [0.3, 0.4) is 0 Å². The monoisotopic (exact) mass is 450 g/mol. The number of piperidine rings is 1. The van der Waals surface area contributed by atoms with Crippen molar-refractivity contribution in [3.05, 3.63) is 58.6 Å². The number of amides is 2. The molecule has 0 aromatic heterocycles. The largest absolute Gasteiger partial charge is 0.484 e. The number of benzene rings is 2. The van der Waals surface area contributed by atoms with Crippen molar-refractivity contribution >= 4 is 35.0 Å². The predicted octanol–water partition coefficient (Wildman–Crippen LogP) is 3.80. The molecule has 0 radical (unpaired) electrons. The summed E-state index contributed by atoms with van der Waals surface area (Å²) in [5.41, 5.74) is 0. The summed E-state index contributed by atoms with van der Waals surface area (Å²) in [6.07, 6.45) is 0.681. The van der Waals surface area contributed by atoms with E-state index >= 15 is 0 Å². The third kappa shape index (κ3) is 6.54. The van der Waals surface area contributed by atoms with Crippen LogP contribution >= 0.6 is 23.2 Å². The van der Waals surface area contributed by atoms with Gasteiger partial charge in [0.2, 0.25) is 0 Å². The first-order chi connectivity index (χ1) is 14.4. The second-order valence-electron chi connectivity index (χ2n) is 7.26. The third-order valence-corrected chi connectivity index (χ3v) is 5.47. The molecule has 1 aliphatic rings. The van der Waals surface area contributed by atoms with E-state index < -0.39 is 0 Å². The van der Waals surface area contributed by atoms with Crippen molar-refractivity contribution in [3.63, 3.8) is 0 Å². The number of carbonyl (C=O) groups is 2. The molecule has 1 aliphatic heterocycles. The highest BCUT2D eigenvalue weighted by Crippen LogP contribution is 2.19. The molecule has 30 heavy (non-hydrogen) atoms. The molecule has 0 bridgehead atoms. The van der Waals surface area contributed by atoms with Gasteiger partial charge in [-0.05, 0) is 60.9 Å². The average Bonchev–Trinajstić information content (AvgIpc) is 2.74. The summed E-state index contributed by atoms with van der Waals surface area (Å²) < 4.78 is 11.0. The highest BCUT2D eigenvalue weighted by Gasteiger charge is 2.29. The topological polar surface area (TPSA) is 67.9 Å². The van der Waals surface area contributed by atoms with Crippen LogP contribution in [0.5, 0.6) is 11.5 Å². The summed E-state index contributed by atoms with van der Waals surface area (Å²) >= 11 is 11.7. The zero-order chi connectivity index (χ0) is 21.5. The second-order valence-corrected chi connectivity index (χ2v) is 8.14. The van der Waals surface area contributed by atoms with Crippen molar-refractivity contribution in [3.8, 4) is 11.5 Å². The van der Waals surface area contributed by atoms with Crippen LogP contribution in [0, 0.1) is 5.92 Å². The lowest BCUT2D eigenvalue weighted by molar-refractivity contribution is -0.135. The number of halogens is 2. The Bertz CT molecular complexity index is 858. The Kier molecular flexibility index (Phi) is 7.82. The van der Waals surface area contributed by atoms with Gasteiger partial charge in [-0.1, -0.05) is 30.1 Å². The number of hydrogen-bond donors (Lipinski definition) is 1. The summed E-state index contributed by atoms with van der Waals surface area (Å²) in [6.45, 7) is 3.05. The van der Waals surface area contributed by atoms with Crippen LogP contribution < -0.4 is 14.8 Å². The second kappa shape index (κ2) is 10.5. The minimum Gasteiger partial charge on any atom is -0.484 e. The molecule has 2 amide bonds. The molecule has 1 N–H and O–H groups in total. The van der Waals surface area contributed by atoms with E-state index in [1.165, 1.54) is 0 Å². The minimum absolute atomic E-state index is 0.00690. The first-order valence-electron chi connectivity index (χ1n) is 9.74. The maximum Gasteiger partial charge on any atom is 0.260 e. The van der Waals surface area contributed by atoms with Crippen LogP contribution in [0.25, 0.3) is 0 Å². The molecular formula is C22H24Cl2N2O4. The van der Waals surface area contributed by atoms with Gasteiger partial charge < -0.3 is 19.7 Å². The molecule has 2 unspecified atom stereocenters. The average molecular weight is 451 g/mol. The van der Waals surface area contributed by atoms with Crippen LogP contribution in [0.1, 0.15) is 13.3 Å². The van der Waals surface area contributed by atoms with Gasteiger partial charge in [0, 0.05) is 29.2 Å². The Morgan fingerprint density at radius 3 is 2.03 bits per heavy atom. The predicted molar refractivity (Wildman–Crippen MR) is 116 cm³/mol. The molecule has 1 heterocycles. The molecule has 160 valence electrons. The van der Waals surface area contributed by atoms with Crippen molar-refractivity contribution in [2.75, 3.05) is 26.3 Å². The lowest BCUT2D eigenvalue weighted by atomic mass is 9.93. The Hall–Kier alpha value is -2.44. The molecule has 0 aliphatic carbocycles. The molecule has 1 fully saturated rings. The van der Waals surface area contributed by atoms with Crippen LogP contribution in [0.2, 0.25) is 10.0 Å².